The second-order valence-electron chi connectivity index (χ2n) is 3.28. The van der Waals surface area contributed by atoms with Gasteiger partial charge in [-0.3, -0.25) is 10.1 Å². The molecule has 0 saturated carbocycles. The van der Waals surface area contributed by atoms with Gasteiger partial charge in [0.15, 0.2) is 10.6 Å². The number of nitrogens with zero attached hydrogens (tertiary/aromatic N) is 1. The van der Waals surface area contributed by atoms with Crippen molar-refractivity contribution in [2.45, 2.75) is 4.90 Å². The quantitative estimate of drug-likeness (QED) is 0.378. The first-order chi connectivity index (χ1) is 8.18. The largest absolute Gasteiger partial charge is 0.494 e. The smallest absolute Gasteiger partial charge is 0.316 e. The lowest BCUT2D eigenvalue weighted by Gasteiger charge is -2.40. The maximum Gasteiger partial charge on any atom is 0.316 e. The van der Waals surface area contributed by atoms with E-state index in [-0.39, 0.29) is 6.07 Å². The number of halogens is 7. The van der Waals surface area contributed by atoms with Gasteiger partial charge in [0.1, 0.15) is 4.47 Å². The van der Waals surface area contributed by atoms with Crippen molar-refractivity contribution in [1.82, 2.24) is 0 Å². The first-order valence-corrected chi connectivity index (χ1v) is 7.25. The highest BCUT2D eigenvalue weighted by Crippen LogP contribution is 3.03. The van der Waals surface area contributed by atoms with Crippen LogP contribution in [0.3, 0.4) is 0 Å². The third-order valence-corrected chi connectivity index (χ3v) is 4.08. The molecule has 0 spiro atoms. The van der Waals surface area contributed by atoms with Crippen LogP contribution in [0.5, 0.6) is 5.75 Å². The lowest BCUT2D eigenvalue weighted by atomic mass is 10.3. The minimum absolute atomic E-state index is 0.217. The van der Waals surface area contributed by atoms with Gasteiger partial charge in [0, 0.05) is 0 Å². The van der Waals surface area contributed by atoms with E-state index < -0.39 is 41.0 Å². The summed E-state index contributed by atoms with van der Waals surface area (Å²) in [5.41, 5.74) is -1.85. The molecule has 12 heteroatoms. The molecule has 0 fully saturated rings. The standard InChI is InChI=1S/C7H4BrClF5NO3S/c1-18-7-3(9)2-4(19(10,11,12,13)14)6(5(7)8)15(16)17/h2H,1H3. The van der Waals surface area contributed by atoms with Crippen LogP contribution in [0.25, 0.3) is 0 Å². The van der Waals surface area contributed by atoms with E-state index in [4.69, 9.17) is 11.6 Å². The maximum absolute atomic E-state index is 12.7. The molecule has 0 aromatic heterocycles. The zero-order chi connectivity index (χ0) is 15.3. The molecule has 110 valence electrons. The Bertz CT molecular complexity index is 578. The minimum atomic E-state index is -10.3. The Kier molecular flexibility index (Phi) is 3.30. The maximum atomic E-state index is 12.7. The Hall–Kier alpha value is -0.810. The van der Waals surface area contributed by atoms with Crippen molar-refractivity contribution in [2.75, 3.05) is 7.11 Å². The molecular weight excluding hydrogens is 388 g/mol. The Morgan fingerprint density at radius 1 is 1.37 bits per heavy atom. The molecule has 0 bridgehead atoms. The van der Waals surface area contributed by atoms with E-state index in [9.17, 15) is 29.5 Å². The number of ether oxygens (including phenoxy) is 1. The zero-order valence-electron chi connectivity index (χ0n) is 8.80. The number of nitro benzene ring substituents is 1. The van der Waals surface area contributed by atoms with E-state index in [1.54, 1.807) is 0 Å². The molecule has 1 rings (SSSR count). The Morgan fingerprint density at radius 2 is 1.84 bits per heavy atom. The normalized spacial score (nSPS) is 15.6. The van der Waals surface area contributed by atoms with Gasteiger partial charge in [0.2, 0.25) is 0 Å². The molecule has 4 nitrogen and oxygen atoms in total. The number of nitro groups is 1. The fourth-order valence-electron chi connectivity index (χ4n) is 1.22. The predicted octanol–water partition coefficient (Wildman–Crippen LogP) is 5.68. The van der Waals surface area contributed by atoms with Crippen molar-refractivity contribution in [1.29, 1.82) is 0 Å². The number of rotatable bonds is 3. The highest BCUT2D eigenvalue weighted by Gasteiger charge is 2.69. The van der Waals surface area contributed by atoms with Crippen molar-refractivity contribution < 1.29 is 29.1 Å². The molecule has 1 aromatic rings. The van der Waals surface area contributed by atoms with Gasteiger partial charge >= 0.3 is 15.9 Å². The fraction of sp³-hybridized carbons (Fsp3) is 0.143. The van der Waals surface area contributed by atoms with E-state index >= 15 is 0 Å². The van der Waals surface area contributed by atoms with E-state index in [0.717, 1.165) is 7.11 Å². The van der Waals surface area contributed by atoms with Gasteiger partial charge < -0.3 is 4.74 Å². The van der Waals surface area contributed by atoms with Crippen molar-refractivity contribution >= 4 is 43.4 Å². The van der Waals surface area contributed by atoms with E-state index in [0.29, 0.717) is 0 Å². The Balaban J connectivity index is 3.94. The molecule has 0 unspecified atom stereocenters. The number of hydrogen-bond donors (Lipinski definition) is 0. The van der Waals surface area contributed by atoms with Crippen LogP contribution >= 0.6 is 37.8 Å². The molecule has 1 aromatic carbocycles. The van der Waals surface area contributed by atoms with Gasteiger partial charge in [0.25, 0.3) is 0 Å². The van der Waals surface area contributed by atoms with Gasteiger partial charge in [-0.05, 0) is 22.0 Å². The zero-order valence-corrected chi connectivity index (χ0v) is 12.0. The molecule has 0 radical (unpaired) electrons. The number of hydrogen-bond acceptors (Lipinski definition) is 3. The summed E-state index contributed by atoms with van der Waals surface area (Å²) in [7, 11) is -9.30. The van der Waals surface area contributed by atoms with Gasteiger partial charge in [-0.25, -0.2) is 0 Å². The second kappa shape index (κ2) is 3.85. The molecule has 0 amide bonds. The molecule has 19 heavy (non-hydrogen) atoms. The topological polar surface area (TPSA) is 52.4 Å². The van der Waals surface area contributed by atoms with E-state index in [1.807, 2.05) is 0 Å². The van der Waals surface area contributed by atoms with Crippen LogP contribution in [0, 0.1) is 10.1 Å². The van der Waals surface area contributed by atoms with Crippen LogP contribution < -0.4 is 4.74 Å². The van der Waals surface area contributed by atoms with Crippen molar-refractivity contribution in [2.24, 2.45) is 0 Å². The lowest BCUT2D eigenvalue weighted by molar-refractivity contribution is -0.389. The summed E-state index contributed by atoms with van der Waals surface area (Å²) in [5, 5.41) is 9.79. The first kappa shape index (κ1) is 16.2. The highest BCUT2D eigenvalue weighted by atomic mass is 79.9. The third kappa shape index (κ3) is 3.20. The van der Waals surface area contributed by atoms with E-state index in [2.05, 4.69) is 20.7 Å². The molecule has 0 heterocycles. The lowest BCUT2D eigenvalue weighted by Crippen LogP contribution is -2.10. The molecule has 0 atom stereocenters. The van der Waals surface area contributed by atoms with Crippen LogP contribution in [0.4, 0.5) is 25.1 Å². The minimum Gasteiger partial charge on any atom is -0.494 e. The van der Waals surface area contributed by atoms with Gasteiger partial charge in [-0.1, -0.05) is 31.0 Å². The number of methoxy groups -OCH3 is 1. The molecule has 0 saturated heterocycles. The van der Waals surface area contributed by atoms with Crippen molar-refractivity contribution in [3.63, 3.8) is 0 Å². The summed E-state index contributed by atoms with van der Waals surface area (Å²) < 4.78 is 67.3. The summed E-state index contributed by atoms with van der Waals surface area (Å²) in [5.74, 6) is -0.543. The third-order valence-electron chi connectivity index (χ3n) is 1.92. The molecule has 0 aliphatic carbocycles. The summed E-state index contributed by atoms with van der Waals surface area (Å²) in [6, 6.07) is -0.217. The average Bonchev–Trinajstić information content (AvgIpc) is 2.12. The van der Waals surface area contributed by atoms with Crippen LogP contribution in [0.1, 0.15) is 0 Å². The van der Waals surface area contributed by atoms with Crippen LogP contribution in [0.2, 0.25) is 5.02 Å². The fourth-order valence-corrected chi connectivity index (χ4v) is 3.43. The molecule has 0 N–H and O–H groups in total. The Morgan fingerprint density at radius 3 is 2.16 bits per heavy atom. The van der Waals surface area contributed by atoms with Crippen molar-refractivity contribution in [3.8, 4) is 5.75 Å². The number of benzene rings is 1. The predicted molar refractivity (Wildman–Crippen MR) is 63.8 cm³/mol. The molecule has 0 aliphatic rings. The summed E-state index contributed by atoms with van der Waals surface area (Å²) in [6.07, 6.45) is 0. The van der Waals surface area contributed by atoms with Crippen LogP contribution in [-0.4, -0.2) is 12.0 Å². The van der Waals surface area contributed by atoms with Gasteiger partial charge in [0.05, 0.1) is 17.1 Å². The SMILES string of the molecule is COc1c(Cl)cc(S(F)(F)(F)(F)F)c([N+](=O)[O-])c1Br. The summed E-state index contributed by atoms with van der Waals surface area (Å²) in [4.78, 5) is 6.35. The van der Waals surface area contributed by atoms with Crippen molar-refractivity contribution in [3.05, 3.63) is 25.7 Å². The molecular formula is C7H4BrClF5NO3S. The van der Waals surface area contributed by atoms with Crippen LogP contribution in [-0.2, 0) is 0 Å². The van der Waals surface area contributed by atoms with Crippen LogP contribution in [0.15, 0.2) is 15.4 Å². The van der Waals surface area contributed by atoms with Gasteiger partial charge in [-0.15, -0.1) is 0 Å². The highest BCUT2D eigenvalue weighted by molar-refractivity contribution is 9.10. The summed E-state index contributed by atoms with van der Waals surface area (Å²) >= 11 is 7.77. The van der Waals surface area contributed by atoms with E-state index in [1.165, 1.54) is 0 Å². The molecule has 0 aliphatic heterocycles. The summed E-state index contributed by atoms with van der Waals surface area (Å²) in [6.45, 7) is 0. The first-order valence-electron chi connectivity index (χ1n) is 4.13. The van der Waals surface area contributed by atoms with Gasteiger partial charge in [-0.2, -0.15) is 0 Å². The Labute approximate surface area is 116 Å². The average molecular weight is 393 g/mol. The monoisotopic (exact) mass is 391 g/mol. The second-order valence-corrected chi connectivity index (χ2v) is 6.86.